The maximum absolute atomic E-state index is 13.8. The van der Waals surface area contributed by atoms with Gasteiger partial charge in [0.1, 0.15) is 0 Å². The number of methoxy groups -OCH3 is 1. The van der Waals surface area contributed by atoms with Crippen molar-refractivity contribution in [3.05, 3.63) is 65.0 Å². The van der Waals surface area contributed by atoms with E-state index in [2.05, 4.69) is 17.4 Å². The Hall–Kier alpha value is -2.69. The van der Waals surface area contributed by atoms with Gasteiger partial charge in [-0.3, -0.25) is 9.59 Å². The molecule has 1 unspecified atom stereocenters. The normalized spacial score (nSPS) is 18.5. The van der Waals surface area contributed by atoms with Gasteiger partial charge in [-0.2, -0.15) is 0 Å². The molecule has 1 N–H and O–H groups in total. The van der Waals surface area contributed by atoms with Crippen LogP contribution in [0.15, 0.2) is 42.5 Å². The molecule has 1 aliphatic rings. The van der Waals surface area contributed by atoms with Crippen molar-refractivity contribution < 1.29 is 18.7 Å². The molecule has 4 nitrogen and oxygen atoms in total. The molecule has 0 fully saturated rings. The third kappa shape index (κ3) is 4.18. The number of aryl methyl sites for hydroxylation is 1. The van der Waals surface area contributed by atoms with Crippen molar-refractivity contribution in [2.24, 2.45) is 0 Å². The predicted octanol–water partition coefficient (Wildman–Crippen LogP) is 4.17. The fraction of sp³-hybridized carbons (Fsp3) is 0.364. The van der Waals surface area contributed by atoms with E-state index in [1.54, 1.807) is 0 Å². The van der Waals surface area contributed by atoms with Crippen LogP contribution in [0.3, 0.4) is 0 Å². The molecule has 0 bridgehead atoms. The van der Waals surface area contributed by atoms with Crippen molar-refractivity contribution >= 4 is 11.7 Å². The second-order valence-electron chi connectivity index (χ2n) is 7.16. The Labute approximate surface area is 158 Å². The predicted molar refractivity (Wildman–Crippen MR) is 101 cm³/mol. The third-order valence-electron chi connectivity index (χ3n) is 5.20. The number of Topliss-reactive ketones (excluding diaryl/α,β-unsaturated/α-hetero) is 1. The minimum atomic E-state index is -0.584. The van der Waals surface area contributed by atoms with E-state index < -0.39 is 11.4 Å². The molecule has 0 spiro atoms. The highest BCUT2D eigenvalue weighted by Gasteiger charge is 2.33. The second-order valence-corrected chi connectivity index (χ2v) is 7.16. The molecule has 2 aromatic rings. The Morgan fingerprint density at radius 3 is 2.70 bits per heavy atom. The Morgan fingerprint density at radius 2 is 1.96 bits per heavy atom. The molecule has 0 heterocycles. The summed E-state index contributed by atoms with van der Waals surface area (Å²) in [6.45, 7) is 2.03. The van der Waals surface area contributed by atoms with Crippen LogP contribution in [-0.2, 0) is 16.8 Å². The summed E-state index contributed by atoms with van der Waals surface area (Å²) in [5.41, 5.74) is 2.24. The number of hydrogen-bond donors (Lipinski definition) is 1. The average molecular weight is 369 g/mol. The van der Waals surface area contributed by atoms with Gasteiger partial charge in [0.15, 0.2) is 17.3 Å². The first-order valence-electron chi connectivity index (χ1n) is 9.19. The van der Waals surface area contributed by atoms with Crippen LogP contribution in [0.2, 0.25) is 0 Å². The fourth-order valence-electron chi connectivity index (χ4n) is 3.75. The maximum atomic E-state index is 13.8. The lowest BCUT2D eigenvalue weighted by atomic mass is 9.77. The molecule has 1 aliphatic carbocycles. The van der Waals surface area contributed by atoms with Gasteiger partial charge < -0.3 is 10.1 Å². The van der Waals surface area contributed by atoms with E-state index in [0.717, 1.165) is 30.9 Å². The lowest BCUT2D eigenvalue weighted by Gasteiger charge is -2.37. The van der Waals surface area contributed by atoms with Crippen LogP contribution in [0.5, 0.6) is 5.75 Å². The van der Waals surface area contributed by atoms with Crippen LogP contribution >= 0.6 is 0 Å². The van der Waals surface area contributed by atoms with Gasteiger partial charge in [-0.1, -0.05) is 24.3 Å². The van der Waals surface area contributed by atoms with Gasteiger partial charge in [-0.25, -0.2) is 4.39 Å². The van der Waals surface area contributed by atoms with E-state index in [1.165, 1.54) is 24.8 Å². The lowest BCUT2D eigenvalue weighted by Crippen LogP contribution is -2.45. The van der Waals surface area contributed by atoms with E-state index in [9.17, 15) is 14.0 Å². The molecule has 3 rings (SSSR count). The number of nitrogens with one attached hydrogen (secondary N) is 1. The highest BCUT2D eigenvalue weighted by atomic mass is 19.1. The van der Waals surface area contributed by atoms with Crippen LogP contribution in [-0.4, -0.2) is 18.8 Å². The first-order valence-corrected chi connectivity index (χ1v) is 9.19. The number of ether oxygens (including phenoxy) is 1. The number of carbonyl (C=O) groups is 2. The van der Waals surface area contributed by atoms with E-state index >= 15 is 0 Å². The highest BCUT2D eigenvalue weighted by molar-refractivity contribution is 5.98. The van der Waals surface area contributed by atoms with Crippen molar-refractivity contribution in [2.45, 2.75) is 44.6 Å². The molecule has 1 amide bonds. The number of amides is 1. The molecule has 0 radical (unpaired) electrons. The quantitative estimate of drug-likeness (QED) is 0.778. The monoisotopic (exact) mass is 369 g/mol. The minimum Gasteiger partial charge on any atom is -0.494 e. The molecule has 0 saturated carbocycles. The zero-order valence-electron chi connectivity index (χ0n) is 15.7. The number of halogens is 1. The average Bonchev–Trinajstić information content (AvgIpc) is 2.66. The Bertz CT molecular complexity index is 864. The summed E-state index contributed by atoms with van der Waals surface area (Å²) in [6.07, 6.45) is 3.01. The number of ketones is 1. The molecule has 1 atom stereocenters. The molecule has 0 aromatic heterocycles. The zero-order chi connectivity index (χ0) is 19.4. The lowest BCUT2D eigenvalue weighted by molar-refractivity contribution is -0.123. The summed E-state index contributed by atoms with van der Waals surface area (Å²) in [7, 11) is 1.37. The Kier molecular flexibility index (Phi) is 5.59. The molecule has 27 heavy (non-hydrogen) atoms. The van der Waals surface area contributed by atoms with Gasteiger partial charge in [-0.05, 0) is 55.5 Å². The van der Waals surface area contributed by atoms with Crippen LogP contribution in [0, 0.1) is 5.82 Å². The maximum Gasteiger partial charge on any atom is 0.221 e. The summed E-state index contributed by atoms with van der Waals surface area (Å²) in [5, 5.41) is 3.10. The molecule has 0 saturated heterocycles. The number of benzene rings is 2. The standard InChI is InChI=1S/C22H24FNO3/c1-22(13-5-7-15-6-3-4-8-17(15)22)24-21(26)12-10-19(25)16-9-11-20(27-2)18(23)14-16/h3-4,6,8-9,11,14H,5,7,10,12-13H2,1-2H3,(H,24,26). The molecule has 142 valence electrons. The second kappa shape index (κ2) is 7.91. The summed E-state index contributed by atoms with van der Waals surface area (Å²) >= 11 is 0. The Balaban J connectivity index is 1.62. The van der Waals surface area contributed by atoms with Crippen molar-refractivity contribution in [3.8, 4) is 5.75 Å². The molecule has 2 aromatic carbocycles. The SMILES string of the molecule is COc1ccc(C(=O)CCC(=O)NC2(C)CCCc3ccccc32)cc1F. The summed E-state index contributed by atoms with van der Waals surface area (Å²) in [4.78, 5) is 24.8. The van der Waals surface area contributed by atoms with Gasteiger partial charge >= 0.3 is 0 Å². The number of hydrogen-bond acceptors (Lipinski definition) is 3. The van der Waals surface area contributed by atoms with E-state index in [-0.39, 0.29) is 35.8 Å². The van der Waals surface area contributed by atoms with Crippen molar-refractivity contribution in [3.63, 3.8) is 0 Å². The molecular weight excluding hydrogens is 345 g/mol. The van der Waals surface area contributed by atoms with Crippen LogP contribution in [0.1, 0.15) is 54.1 Å². The first kappa shape index (κ1) is 19.1. The summed E-state index contributed by atoms with van der Waals surface area (Å²) in [5.74, 6) is -0.926. The van der Waals surface area contributed by atoms with Gasteiger partial charge in [0.25, 0.3) is 0 Å². The fourth-order valence-corrected chi connectivity index (χ4v) is 3.75. The van der Waals surface area contributed by atoms with Crippen LogP contribution < -0.4 is 10.1 Å². The number of fused-ring (bicyclic) bond motifs is 1. The van der Waals surface area contributed by atoms with Gasteiger partial charge in [0, 0.05) is 18.4 Å². The van der Waals surface area contributed by atoms with Crippen molar-refractivity contribution in [2.75, 3.05) is 7.11 Å². The summed E-state index contributed by atoms with van der Waals surface area (Å²) in [6, 6.07) is 12.2. The number of carbonyl (C=O) groups excluding carboxylic acids is 2. The van der Waals surface area contributed by atoms with Gasteiger partial charge in [0.05, 0.1) is 12.6 Å². The smallest absolute Gasteiger partial charge is 0.221 e. The van der Waals surface area contributed by atoms with Crippen molar-refractivity contribution in [1.82, 2.24) is 5.32 Å². The van der Waals surface area contributed by atoms with Crippen LogP contribution in [0.4, 0.5) is 4.39 Å². The largest absolute Gasteiger partial charge is 0.494 e. The van der Waals surface area contributed by atoms with Crippen LogP contribution in [0.25, 0.3) is 0 Å². The molecule has 0 aliphatic heterocycles. The zero-order valence-corrected chi connectivity index (χ0v) is 15.7. The topological polar surface area (TPSA) is 55.4 Å². The third-order valence-corrected chi connectivity index (χ3v) is 5.20. The van der Waals surface area contributed by atoms with E-state index in [1.807, 2.05) is 19.1 Å². The van der Waals surface area contributed by atoms with E-state index in [0.29, 0.717) is 0 Å². The first-order chi connectivity index (χ1) is 12.9. The molecule has 5 heteroatoms. The summed E-state index contributed by atoms with van der Waals surface area (Å²) < 4.78 is 18.6. The van der Waals surface area contributed by atoms with Crippen molar-refractivity contribution in [1.29, 1.82) is 0 Å². The van der Waals surface area contributed by atoms with Gasteiger partial charge in [-0.15, -0.1) is 0 Å². The highest BCUT2D eigenvalue weighted by Crippen LogP contribution is 2.35. The number of rotatable bonds is 6. The Morgan fingerprint density at radius 1 is 1.19 bits per heavy atom. The minimum absolute atomic E-state index is 0.0370. The van der Waals surface area contributed by atoms with Gasteiger partial charge in [0.2, 0.25) is 5.91 Å². The van der Waals surface area contributed by atoms with E-state index in [4.69, 9.17) is 4.74 Å². The molecular formula is C22H24FNO3.